The van der Waals surface area contributed by atoms with Crippen LogP contribution in [0.2, 0.25) is 0 Å². The molecular formula is C28H29N3O4. The number of anilines is 1. The Bertz CT molecular complexity index is 1210. The lowest BCUT2D eigenvalue weighted by Gasteiger charge is -2.58. The van der Waals surface area contributed by atoms with Gasteiger partial charge in [0.2, 0.25) is 5.91 Å². The largest absolute Gasteiger partial charge is 0.497 e. The van der Waals surface area contributed by atoms with Gasteiger partial charge in [0.05, 0.1) is 25.8 Å². The van der Waals surface area contributed by atoms with Crippen LogP contribution in [0.15, 0.2) is 72.8 Å². The smallest absolute Gasteiger partial charge is 0.322 e. The van der Waals surface area contributed by atoms with Crippen LogP contribution < -0.4 is 10.1 Å². The topological polar surface area (TPSA) is 82.1 Å². The molecule has 3 atom stereocenters. The van der Waals surface area contributed by atoms with Crippen LogP contribution in [0.5, 0.6) is 5.75 Å². The Hall–Kier alpha value is -3.84. The predicted octanol–water partition coefficient (Wildman–Crippen LogP) is 3.87. The third-order valence-corrected chi connectivity index (χ3v) is 7.06. The van der Waals surface area contributed by atoms with E-state index in [1.165, 1.54) is 5.56 Å². The van der Waals surface area contributed by atoms with Gasteiger partial charge in [-0.1, -0.05) is 54.1 Å². The number of carbonyl (C=O) groups is 2. The Morgan fingerprint density at radius 3 is 2.23 bits per heavy atom. The van der Waals surface area contributed by atoms with Gasteiger partial charge in [-0.2, -0.15) is 0 Å². The number of aliphatic hydroxyl groups excluding tert-OH is 1. The fourth-order valence-electron chi connectivity index (χ4n) is 5.17. The van der Waals surface area contributed by atoms with Crippen molar-refractivity contribution in [2.45, 2.75) is 24.9 Å². The van der Waals surface area contributed by atoms with Gasteiger partial charge in [-0.05, 0) is 47.9 Å². The van der Waals surface area contributed by atoms with Gasteiger partial charge in [-0.25, -0.2) is 4.79 Å². The summed E-state index contributed by atoms with van der Waals surface area (Å²) in [6.45, 7) is 2.36. The fraction of sp³-hybridized carbons (Fsp3) is 0.286. The van der Waals surface area contributed by atoms with Gasteiger partial charge in [0.25, 0.3) is 0 Å². The van der Waals surface area contributed by atoms with E-state index in [0.29, 0.717) is 18.0 Å². The third kappa shape index (κ3) is 4.35. The van der Waals surface area contributed by atoms with Crippen molar-refractivity contribution >= 4 is 17.6 Å². The van der Waals surface area contributed by atoms with Crippen LogP contribution in [0.4, 0.5) is 10.5 Å². The zero-order chi connectivity index (χ0) is 24.5. The summed E-state index contributed by atoms with van der Waals surface area (Å²) in [7, 11) is 1.59. The minimum Gasteiger partial charge on any atom is -0.497 e. The number of hydrogen-bond acceptors (Lipinski definition) is 4. The lowest BCUT2D eigenvalue weighted by Crippen LogP contribution is -2.73. The molecule has 2 aliphatic heterocycles. The SMILES string of the molecule is COc1ccc(NC(=O)N2CC(=O)N3[C@@H](CO)[C@H](c4ccc(-c5ccc(C)cc5)cc4)[C@@H]3C2)cc1. The molecule has 5 rings (SSSR count). The average Bonchev–Trinajstić information content (AvgIpc) is 2.86. The van der Waals surface area contributed by atoms with Crippen molar-refractivity contribution in [3.05, 3.63) is 83.9 Å². The first kappa shape index (κ1) is 22.9. The number of nitrogens with zero attached hydrogens (tertiary/aromatic N) is 2. The maximum atomic E-state index is 12.9. The number of fused-ring (bicyclic) bond motifs is 1. The van der Waals surface area contributed by atoms with Gasteiger partial charge in [0.1, 0.15) is 12.3 Å². The number of methoxy groups -OCH3 is 1. The summed E-state index contributed by atoms with van der Waals surface area (Å²) in [5.74, 6) is 0.526. The zero-order valence-electron chi connectivity index (χ0n) is 19.8. The fourth-order valence-corrected chi connectivity index (χ4v) is 5.17. The standard InChI is InChI=1S/C28H29N3O4/c1-18-3-5-19(6-4-18)20-7-9-21(10-8-20)27-24-15-30(16-26(33)31(24)25(27)17-32)28(34)29-22-11-13-23(35-2)14-12-22/h3-14,24-25,27,32H,15-17H2,1-2H3,(H,29,34)/t24-,25-,27+/m0/s1. The molecule has 2 saturated heterocycles. The number of urea groups is 1. The predicted molar refractivity (Wildman–Crippen MR) is 134 cm³/mol. The second-order valence-electron chi connectivity index (χ2n) is 9.17. The number of rotatable bonds is 5. The number of amides is 3. The monoisotopic (exact) mass is 471 g/mol. The molecule has 0 saturated carbocycles. The van der Waals surface area contributed by atoms with Gasteiger partial charge in [0.15, 0.2) is 0 Å². The highest BCUT2D eigenvalue weighted by Gasteiger charge is 2.54. The Labute approximate surface area is 204 Å². The highest BCUT2D eigenvalue weighted by Crippen LogP contribution is 2.43. The molecule has 0 spiro atoms. The molecule has 0 radical (unpaired) electrons. The molecule has 2 N–H and O–H groups in total. The molecule has 2 heterocycles. The van der Waals surface area contributed by atoms with Crippen molar-refractivity contribution in [1.82, 2.24) is 9.80 Å². The molecule has 3 aromatic rings. The number of aryl methyl sites for hydroxylation is 1. The van der Waals surface area contributed by atoms with Crippen LogP contribution in [0, 0.1) is 6.92 Å². The molecular weight excluding hydrogens is 442 g/mol. The van der Waals surface area contributed by atoms with Crippen molar-refractivity contribution in [1.29, 1.82) is 0 Å². The number of benzene rings is 3. The highest BCUT2D eigenvalue weighted by atomic mass is 16.5. The molecule has 3 aromatic carbocycles. The second kappa shape index (κ2) is 9.43. The number of ether oxygens (including phenoxy) is 1. The number of hydrogen-bond donors (Lipinski definition) is 2. The maximum absolute atomic E-state index is 12.9. The first-order valence-electron chi connectivity index (χ1n) is 11.8. The number of carbonyl (C=O) groups excluding carboxylic acids is 2. The van der Waals surface area contributed by atoms with Crippen LogP contribution in [-0.4, -0.2) is 65.7 Å². The molecule has 0 aliphatic carbocycles. The normalized spacial score (nSPS) is 21.2. The van der Waals surface area contributed by atoms with Gasteiger partial charge in [-0.15, -0.1) is 0 Å². The maximum Gasteiger partial charge on any atom is 0.322 e. The summed E-state index contributed by atoms with van der Waals surface area (Å²) < 4.78 is 5.16. The molecule has 3 amide bonds. The molecule has 2 fully saturated rings. The van der Waals surface area contributed by atoms with Gasteiger partial charge < -0.3 is 25.0 Å². The van der Waals surface area contributed by atoms with Crippen molar-refractivity contribution < 1.29 is 19.4 Å². The van der Waals surface area contributed by atoms with E-state index in [2.05, 4.69) is 60.8 Å². The van der Waals surface area contributed by atoms with Crippen molar-refractivity contribution in [3.8, 4) is 16.9 Å². The lowest BCUT2D eigenvalue weighted by molar-refractivity contribution is -0.159. The van der Waals surface area contributed by atoms with E-state index in [9.17, 15) is 14.7 Å². The molecule has 35 heavy (non-hydrogen) atoms. The molecule has 7 heteroatoms. The third-order valence-electron chi connectivity index (χ3n) is 7.06. The molecule has 0 bridgehead atoms. The number of piperazine rings is 1. The molecule has 2 aliphatic rings. The minimum absolute atomic E-state index is 0.00588. The number of aliphatic hydroxyl groups is 1. The summed E-state index contributed by atoms with van der Waals surface area (Å²) in [5, 5.41) is 12.9. The van der Waals surface area contributed by atoms with Crippen LogP contribution in [0.1, 0.15) is 17.0 Å². The van der Waals surface area contributed by atoms with E-state index in [1.807, 2.05) is 0 Å². The summed E-state index contributed by atoms with van der Waals surface area (Å²) in [4.78, 5) is 29.1. The Morgan fingerprint density at radius 1 is 1.00 bits per heavy atom. The van der Waals surface area contributed by atoms with Crippen LogP contribution >= 0.6 is 0 Å². The highest BCUT2D eigenvalue weighted by molar-refractivity contribution is 5.93. The first-order chi connectivity index (χ1) is 17.0. The Kier molecular flexibility index (Phi) is 6.17. The van der Waals surface area contributed by atoms with E-state index >= 15 is 0 Å². The van der Waals surface area contributed by atoms with Gasteiger partial charge in [0, 0.05) is 18.2 Å². The first-order valence-corrected chi connectivity index (χ1v) is 11.8. The van der Waals surface area contributed by atoms with E-state index in [1.54, 1.807) is 41.2 Å². The van der Waals surface area contributed by atoms with E-state index in [4.69, 9.17) is 4.74 Å². The van der Waals surface area contributed by atoms with E-state index in [-0.39, 0.29) is 43.1 Å². The molecule has 0 unspecified atom stereocenters. The molecule has 180 valence electrons. The van der Waals surface area contributed by atoms with E-state index < -0.39 is 0 Å². The van der Waals surface area contributed by atoms with E-state index in [0.717, 1.165) is 16.7 Å². The lowest BCUT2D eigenvalue weighted by atomic mass is 9.73. The summed E-state index contributed by atoms with van der Waals surface area (Å²) >= 11 is 0. The van der Waals surface area contributed by atoms with Crippen molar-refractivity contribution in [2.75, 3.05) is 32.1 Å². The van der Waals surface area contributed by atoms with Crippen LogP contribution in [0.25, 0.3) is 11.1 Å². The van der Waals surface area contributed by atoms with Crippen molar-refractivity contribution in [2.24, 2.45) is 0 Å². The average molecular weight is 472 g/mol. The molecule has 7 nitrogen and oxygen atoms in total. The Morgan fingerprint density at radius 2 is 1.63 bits per heavy atom. The van der Waals surface area contributed by atoms with Crippen LogP contribution in [0.3, 0.4) is 0 Å². The summed E-state index contributed by atoms with van der Waals surface area (Å²) in [6, 6.07) is 23.0. The minimum atomic E-state index is -0.316. The van der Waals surface area contributed by atoms with Gasteiger partial charge in [-0.3, -0.25) is 4.79 Å². The summed E-state index contributed by atoms with van der Waals surface area (Å²) in [6.07, 6.45) is 0. The summed E-state index contributed by atoms with van der Waals surface area (Å²) in [5.41, 5.74) is 5.17. The van der Waals surface area contributed by atoms with Gasteiger partial charge >= 0.3 is 6.03 Å². The number of nitrogens with one attached hydrogen (secondary N) is 1. The Balaban J connectivity index is 1.32. The quantitative estimate of drug-likeness (QED) is 0.592. The zero-order valence-corrected chi connectivity index (χ0v) is 19.8. The van der Waals surface area contributed by atoms with Crippen LogP contribution in [-0.2, 0) is 4.79 Å². The second-order valence-corrected chi connectivity index (χ2v) is 9.17. The van der Waals surface area contributed by atoms with Crippen molar-refractivity contribution in [3.63, 3.8) is 0 Å². The molecule has 0 aromatic heterocycles.